The van der Waals surface area contributed by atoms with E-state index >= 15 is 0 Å². The largest absolute Gasteiger partial charge is 0.448 e. The number of pyridine rings is 1. The summed E-state index contributed by atoms with van der Waals surface area (Å²) >= 11 is 6.62. The van der Waals surface area contributed by atoms with E-state index in [0.29, 0.717) is 11.3 Å². The minimum Gasteiger partial charge on any atom is -0.448 e. The van der Waals surface area contributed by atoms with Crippen molar-refractivity contribution in [2.75, 3.05) is 13.7 Å². The molecule has 1 saturated carbocycles. The number of H-pyrrole nitrogens is 1. The number of fused-ring (bicyclic) bond motifs is 1. The molecule has 2 aliphatic rings. The summed E-state index contributed by atoms with van der Waals surface area (Å²) in [6.45, 7) is 3.25. The molecule has 1 aliphatic heterocycles. The lowest BCUT2D eigenvalue weighted by molar-refractivity contribution is -0.123. The molecule has 17 nitrogen and oxygen atoms in total. The Morgan fingerprint density at radius 3 is 2.34 bits per heavy atom. The summed E-state index contributed by atoms with van der Waals surface area (Å²) in [5, 5.41) is 11.7. The summed E-state index contributed by atoms with van der Waals surface area (Å²) in [6.07, 6.45) is 3.18. The number of rotatable bonds is 11. The van der Waals surface area contributed by atoms with Gasteiger partial charge in [0.05, 0.1) is 31.3 Å². The number of nitrogens with two attached hydrogens (primary N) is 1. The predicted molar refractivity (Wildman–Crippen MR) is 160 cm³/mol. The smallest absolute Gasteiger partial charge is 0.268 e. The Labute approximate surface area is 256 Å². The molecule has 1 aromatic heterocycles. The monoisotopic (exact) mass is 625 g/mol. The van der Waals surface area contributed by atoms with Crippen LogP contribution in [0, 0.1) is 12.8 Å². The second kappa shape index (κ2) is 13.8. The minimum absolute atomic E-state index is 0.0240. The summed E-state index contributed by atoms with van der Waals surface area (Å²) in [5.74, 6) is 4.81. The maximum Gasteiger partial charge on any atom is 0.268 e. The molecule has 4 rings (SSSR count). The van der Waals surface area contributed by atoms with Crippen molar-refractivity contribution in [3.63, 3.8) is 0 Å². The predicted octanol–water partition coefficient (Wildman–Crippen LogP) is 5.72. The number of amides is 1. The van der Waals surface area contributed by atoms with Crippen molar-refractivity contribution in [3.05, 3.63) is 86.8 Å². The summed E-state index contributed by atoms with van der Waals surface area (Å²) < 4.78 is 12.7. The normalized spacial score (nSPS) is 20.3. The first kappa shape index (κ1) is 32.3. The van der Waals surface area contributed by atoms with Crippen molar-refractivity contribution < 1.29 is 14.3 Å². The first-order valence-corrected chi connectivity index (χ1v) is 14.1. The Morgan fingerprint density at radius 1 is 1.07 bits per heavy atom. The van der Waals surface area contributed by atoms with E-state index < -0.39 is 17.3 Å². The SMILES string of the molecule is Cc1cc(CN=[N+]=[N-])[nH]c(=O)c1CN(N)C(=O)c1cc(Cl)c2c(c1CN=[N+]=[N-])O[C@@](C)(C1CCC(N(C)CN=[N+]=[N-])CC1)O2. The van der Waals surface area contributed by atoms with Gasteiger partial charge in [-0.3, -0.25) is 19.5 Å². The maximum absolute atomic E-state index is 13.7. The average molecular weight is 626 g/mol. The van der Waals surface area contributed by atoms with Crippen molar-refractivity contribution >= 4 is 17.5 Å². The summed E-state index contributed by atoms with van der Waals surface area (Å²) in [7, 11) is 1.92. The van der Waals surface area contributed by atoms with Crippen LogP contribution in [-0.2, 0) is 19.6 Å². The highest BCUT2D eigenvalue weighted by Crippen LogP contribution is 2.52. The van der Waals surface area contributed by atoms with Crippen LogP contribution in [-0.4, -0.2) is 46.3 Å². The van der Waals surface area contributed by atoms with Gasteiger partial charge in [0.15, 0.2) is 11.5 Å². The van der Waals surface area contributed by atoms with E-state index in [1.165, 1.54) is 6.07 Å². The van der Waals surface area contributed by atoms with Crippen molar-refractivity contribution in [2.24, 2.45) is 27.1 Å². The van der Waals surface area contributed by atoms with Crippen molar-refractivity contribution in [3.8, 4) is 11.5 Å². The molecule has 0 spiro atoms. The molecule has 1 amide bonds. The van der Waals surface area contributed by atoms with Gasteiger partial charge in [-0.1, -0.05) is 26.9 Å². The fourth-order valence-electron chi connectivity index (χ4n) is 5.75. The number of hydrazine groups is 1. The molecular formula is C26H32ClN13O4. The summed E-state index contributed by atoms with van der Waals surface area (Å²) in [4.78, 5) is 39.4. The fraction of sp³-hybridized carbons (Fsp3) is 0.538. The highest BCUT2D eigenvalue weighted by molar-refractivity contribution is 6.33. The van der Waals surface area contributed by atoms with Crippen LogP contribution in [0.15, 0.2) is 32.3 Å². The van der Waals surface area contributed by atoms with Gasteiger partial charge in [0.25, 0.3) is 17.3 Å². The Hall–Kier alpha value is -4.62. The van der Waals surface area contributed by atoms with E-state index in [4.69, 9.17) is 43.5 Å². The number of hydrogen-bond donors (Lipinski definition) is 2. The number of carbonyl (C=O) groups is 1. The quantitative estimate of drug-likeness (QED) is 0.0788. The van der Waals surface area contributed by atoms with Gasteiger partial charge in [-0.05, 0) is 73.9 Å². The zero-order chi connectivity index (χ0) is 32.0. The number of nitrogens with zero attached hydrogens (tertiary/aromatic N) is 11. The average Bonchev–Trinajstić information content (AvgIpc) is 3.38. The number of azide groups is 3. The third-order valence-electron chi connectivity index (χ3n) is 8.15. The lowest BCUT2D eigenvalue weighted by Crippen LogP contribution is -2.47. The molecule has 44 heavy (non-hydrogen) atoms. The highest BCUT2D eigenvalue weighted by Gasteiger charge is 2.48. The molecule has 18 heteroatoms. The van der Waals surface area contributed by atoms with Crippen LogP contribution in [0.3, 0.4) is 0 Å². The first-order valence-electron chi connectivity index (χ1n) is 13.8. The molecule has 232 valence electrons. The number of ether oxygens (including phenoxy) is 2. The van der Waals surface area contributed by atoms with E-state index in [2.05, 4.69) is 35.1 Å². The molecule has 2 heterocycles. The molecule has 1 fully saturated rings. The zero-order valence-corrected chi connectivity index (χ0v) is 25.2. The van der Waals surface area contributed by atoms with Gasteiger partial charge in [0.2, 0.25) is 0 Å². The maximum atomic E-state index is 13.7. The molecule has 0 saturated heterocycles. The molecular weight excluding hydrogens is 594 g/mol. The Kier molecular flexibility index (Phi) is 10.1. The first-order chi connectivity index (χ1) is 21.0. The Bertz CT molecular complexity index is 1640. The number of aromatic amines is 1. The van der Waals surface area contributed by atoms with Gasteiger partial charge >= 0.3 is 0 Å². The van der Waals surface area contributed by atoms with Crippen LogP contribution in [0.25, 0.3) is 31.3 Å². The Morgan fingerprint density at radius 2 is 1.70 bits per heavy atom. The second-order valence-electron chi connectivity index (χ2n) is 10.9. The fourth-order valence-corrected chi connectivity index (χ4v) is 5.98. The van der Waals surface area contributed by atoms with E-state index in [1.54, 1.807) is 13.0 Å². The standard InChI is InChI=1S/C26H32ClN13O4/c1-14-8-16(10-32-36-28)35-24(41)20(14)12-40(31)25(42)18-9-21(27)23-22(19(18)11-33-37-29)43-26(2,44-23)15-4-6-17(7-5-15)39(3)13-34-38-30/h8-9,15,17H,4-7,10-13,31H2,1-3H3,(H,35,41)/t15?,17?,26-/m1/s1. The van der Waals surface area contributed by atoms with Gasteiger partial charge in [0, 0.05) is 56.0 Å². The number of halogens is 1. The molecule has 1 atom stereocenters. The van der Waals surface area contributed by atoms with Crippen LogP contribution >= 0.6 is 11.6 Å². The molecule has 0 bridgehead atoms. The Balaban J connectivity index is 1.59. The molecule has 0 unspecified atom stereocenters. The van der Waals surface area contributed by atoms with Crippen LogP contribution in [0.2, 0.25) is 5.02 Å². The zero-order valence-electron chi connectivity index (χ0n) is 24.5. The number of aryl methyl sites for hydroxylation is 1. The van der Waals surface area contributed by atoms with Crippen LogP contribution in [0.5, 0.6) is 11.5 Å². The van der Waals surface area contributed by atoms with E-state index in [0.717, 1.165) is 30.7 Å². The molecule has 3 N–H and O–H groups in total. The number of hydrogen-bond acceptors (Lipinski definition) is 9. The lowest BCUT2D eigenvalue weighted by Gasteiger charge is -2.39. The van der Waals surface area contributed by atoms with Crippen LogP contribution in [0.1, 0.15) is 65.3 Å². The topological polar surface area (TPSA) is 247 Å². The summed E-state index contributed by atoms with van der Waals surface area (Å²) in [6, 6.07) is 3.27. The number of aromatic nitrogens is 1. The molecule has 1 aliphatic carbocycles. The van der Waals surface area contributed by atoms with Gasteiger partial charge < -0.3 is 14.5 Å². The number of nitrogens with one attached hydrogen (secondary N) is 1. The van der Waals surface area contributed by atoms with Crippen molar-refractivity contribution in [1.82, 2.24) is 14.9 Å². The number of benzene rings is 1. The van der Waals surface area contributed by atoms with Gasteiger partial charge in [-0.2, -0.15) is 0 Å². The molecule has 1 aromatic carbocycles. The van der Waals surface area contributed by atoms with E-state index in [1.807, 2.05) is 18.9 Å². The molecule has 0 radical (unpaired) electrons. The molecule has 2 aromatic rings. The second-order valence-corrected chi connectivity index (χ2v) is 11.3. The van der Waals surface area contributed by atoms with Gasteiger partial charge in [0.1, 0.15) is 0 Å². The third kappa shape index (κ3) is 6.79. The highest BCUT2D eigenvalue weighted by atomic mass is 35.5. The van der Waals surface area contributed by atoms with E-state index in [9.17, 15) is 9.59 Å². The van der Waals surface area contributed by atoms with Crippen LogP contribution in [0.4, 0.5) is 0 Å². The van der Waals surface area contributed by atoms with Gasteiger partial charge in [-0.25, -0.2) is 5.84 Å². The van der Waals surface area contributed by atoms with Crippen molar-refractivity contribution in [1.29, 1.82) is 0 Å². The summed E-state index contributed by atoms with van der Waals surface area (Å²) in [5.41, 5.74) is 27.3. The minimum atomic E-state index is -1.10. The number of carbonyl (C=O) groups excluding carboxylic acids is 1. The lowest BCUT2D eigenvalue weighted by atomic mass is 9.81. The van der Waals surface area contributed by atoms with Crippen LogP contribution < -0.4 is 20.9 Å². The third-order valence-corrected chi connectivity index (χ3v) is 8.43. The van der Waals surface area contributed by atoms with Gasteiger partial charge in [-0.15, -0.1) is 0 Å². The van der Waals surface area contributed by atoms with E-state index in [-0.39, 0.29) is 71.5 Å². The van der Waals surface area contributed by atoms with Crippen molar-refractivity contribution in [2.45, 2.75) is 71.0 Å².